The summed E-state index contributed by atoms with van der Waals surface area (Å²) >= 11 is 12.5. The number of amides is 1. The summed E-state index contributed by atoms with van der Waals surface area (Å²) in [7, 11) is 0. The average Bonchev–Trinajstić information content (AvgIpc) is 2.79. The smallest absolute Gasteiger partial charge is 0.381 e. The molecule has 0 spiro atoms. The Kier molecular flexibility index (Phi) is 8.54. The van der Waals surface area contributed by atoms with Crippen molar-refractivity contribution in [1.82, 2.24) is 4.90 Å². The van der Waals surface area contributed by atoms with Gasteiger partial charge in [-0.15, -0.1) is 6.58 Å². The topological polar surface area (TPSA) is 40.5 Å². The highest BCUT2D eigenvalue weighted by molar-refractivity contribution is 6.30. The lowest BCUT2D eigenvalue weighted by Crippen LogP contribution is -2.58. The number of likely N-dealkylation sites (tertiary alicyclic amines) is 1. The number of halogens is 5. The van der Waals surface area contributed by atoms with Crippen molar-refractivity contribution in [2.75, 3.05) is 0 Å². The van der Waals surface area contributed by atoms with Gasteiger partial charge in [-0.05, 0) is 61.6 Å². The first kappa shape index (κ1) is 28.5. The van der Waals surface area contributed by atoms with Gasteiger partial charge in [-0.2, -0.15) is 13.2 Å². The molecule has 0 bridgehead atoms. The number of benzene rings is 2. The Hall–Kier alpha value is -2.02. The van der Waals surface area contributed by atoms with Gasteiger partial charge < -0.3 is 10.0 Å². The molecule has 1 heterocycles. The Morgan fingerprint density at radius 1 is 1.17 bits per heavy atom. The van der Waals surface area contributed by atoms with Crippen molar-refractivity contribution in [3.63, 3.8) is 0 Å². The van der Waals surface area contributed by atoms with Crippen molar-refractivity contribution in [3.05, 3.63) is 82.4 Å². The third-order valence-corrected chi connectivity index (χ3v) is 7.78. The summed E-state index contributed by atoms with van der Waals surface area (Å²) in [5.41, 5.74) is -2.22. The molecule has 1 saturated heterocycles. The highest BCUT2D eigenvalue weighted by Gasteiger charge is 2.55. The fourth-order valence-corrected chi connectivity index (χ4v) is 5.63. The zero-order valence-corrected chi connectivity index (χ0v) is 22.2. The van der Waals surface area contributed by atoms with Crippen LogP contribution in [0.25, 0.3) is 0 Å². The van der Waals surface area contributed by atoms with E-state index < -0.39 is 35.7 Å². The maximum Gasteiger partial charge on any atom is 0.416 e. The number of rotatable bonds is 8. The van der Waals surface area contributed by atoms with E-state index in [1.54, 1.807) is 48.2 Å². The molecule has 0 aliphatic carbocycles. The first-order chi connectivity index (χ1) is 16.7. The summed E-state index contributed by atoms with van der Waals surface area (Å²) in [6.07, 6.45) is -2.77. The molecule has 0 unspecified atom stereocenters. The zero-order chi connectivity index (χ0) is 26.9. The summed E-state index contributed by atoms with van der Waals surface area (Å²) in [4.78, 5) is 15.7. The predicted octanol–water partition coefficient (Wildman–Crippen LogP) is 8.12. The van der Waals surface area contributed by atoms with Crippen molar-refractivity contribution >= 4 is 29.1 Å². The van der Waals surface area contributed by atoms with Crippen LogP contribution in [0.4, 0.5) is 13.2 Å². The first-order valence-electron chi connectivity index (χ1n) is 12.0. The van der Waals surface area contributed by atoms with E-state index in [1.165, 1.54) is 0 Å². The van der Waals surface area contributed by atoms with Crippen molar-refractivity contribution in [2.45, 2.75) is 76.2 Å². The molecule has 0 radical (unpaired) electrons. The third-order valence-electron chi connectivity index (χ3n) is 7.29. The van der Waals surface area contributed by atoms with E-state index in [1.807, 2.05) is 25.1 Å². The molecule has 1 aliphatic rings. The van der Waals surface area contributed by atoms with Gasteiger partial charge in [-0.25, -0.2) is 0 Å². The van der Waals surface area contributed by atoms with E-state index in [4.69, 9.17) is 23.2 Å². The minimum Gasteiger partial charge on any atom is -0.381 e. The van der Waals surface area contributed by atoms with Crippen molar-refractivity contribution in [3.8, 4) is 0 Å². The van der Waals surface area contributed by atoms with Gasteiger partial charge in [-0.1, -0.05) is 67.4 Å². The van der Waals surface area contributed by atoms with Crippen LogP contribution in [0.2, 0.25) is 10.0 Å². The van der Waals surface area contributed by atoms with E-state index in [0.29, 0.717) is 22.9 Å². The molecular weight excluding hydrogens is 510 g/mol. The number of carbonyl (C=O) groups excluding carboxylic acids is 1. The van der Waals surface area contributed by atoms with E-state index >= 15 is 0 Å². The summed E-state index contributed by atoms with van der Waals surface area (Å²) in [6, 6.07) is 12.9. The Labute approximate surface area is 220 Å². The highest BCUT2D eigenvalue weighted by atomic mass is 35.5. The van der Waals surface area contributed by atoms with Crippen LogP contribution in [-0.4, -0.2) is 33.7 Å². The quantitative estimate of drug-likeness (QED) is 0.343. The fourth-order valence-electron chi connectivity index (χ4n) is 5.30. The lowest BCUT2D eigenvalue weighted by molar-refractivity contribution is -0.259. The third kappa shape index (κ3) is 5.76. The molecule has 196 valence electrons. The maximum atomic E-state index is 14.1. The molecule has 8 heteroatoms. The molecular formula is C28H32Cl2F3NO2. The van der Waals surface area contributed by atoms with Crippen LogP contribution in [0.1, 0.15) is 69.5 Å². The average molecular weight is 542 g/mol. The number of hydrogen-bond donors (Lipinski definition) is 1. The van der Waals surface area contributed by atoms with Gasteiger partial charge in [0.1, 0.15) is 0 Å². The monoisotopic (exact) mass is 541 g/mol. The van der Waals surface area contributed by atoms with Crippen LogP contribution in [0, 0.1) is 5.41 Å². The summed E-state index contributed by atoms with van der Waals surface area (Å²) in [5.74, 6) is -0.525. The Morgan fingerprint density at radius 3 is 2.33 bits per heavy atom. The second kappa shape index (κ2) is 10.8. The van der Waals surface area contributed by atoms with Crippen LogP contribution < -0.4 is 0 Å². The minimum absolute atomic E-state index is 0.231. The van der Waals surface area contributed by atoms with Crippen molar-refractivity contribution in [1.29, 1.82) is 0 Å². The fraction of sp³-hybridized carbons (Fsp3) is 0.464. The van der Waals surface area contributed by atoms with E-state index in [2.05, 4.69) is 6.58 Å². The van der Waals surface area contributed by atoms with E-state index in [0.717, 1.165) is 18.1 Å². The molecule has 3 nitrogen and oxygen atoms in total. The van der Waals surface area contributed by atoms with Crippen molar-refractivity contribution < 1.29 is 23.1 Å². The SMILES string of the molecule is C=CC[C@@]1(C)C[C@@H](c2cccc(Cl)c2)[C@@H](c2ccc(Cl)cc2)N([C@@H](CC)C[C@](C)(O)C(F)(F)F)C1=O. The van der Waals surface area contributed by atoms with Gasteiger partial charge in [0.15, 0.2) is 5.60 Å². The second-order valence-corrected chi connectivity index (χ2v) is 11.0. The summed E-state index contributed by atoms with van der Waals surface area (Å²) in [6.45, 7) is 8.14. The molecule has 1 N–H and O–H groups in total. The summed E-state index contributed by atoms with van der Waals surface area (Å²) in [5, 5.41) is 11.4. The molecule has 5 atom stereocenters. The predicted molar refractivity (Wildman–Crippen MR) is 138 cm³/mol. The maximum absolute atomic E-state index is 14.1. The van der Waals surface area contributed by atoms with Gasteiger partial charge in [0.05, 0.1) is 11.5 Å². The molecule has 0 aromatic heterocycles. The van der Waals surface area contributed by atoms with Gasteiger partial charge in [0.2, 0.25) is 5.91 Å². The highest BCUT2D eigenvalue weighted by Crippen LogP contribution is 2.53. The molecule has 1 aliphatic heterocycles. The normalized spacial score (nSPS) is 25.4. The van der Waals surface area contributed by atoms with Crippen LogP contribution >= 0.6 is 23.2 Å². The molecule has 36 heavy (non-hydrogen) atoms. The number of aliphatic hydroxyl groups is 1. The Balaban J connectivity index is 2.24. The van der Waals surface area contributed by atoms with Gasteiger partial charge in [0, 0.05) is 28.4 Å². The van der Waals surface area contributed by atoms with Gasteiger partial charge in [0.25, 0.3) is 0 Å². The molecule has 0 saturated carbocycles. The van der Waals surface area contributed by atoms with Crippen LogP contribution in [0.15, 0.2) is 61.2 Å². The lowest BCUT2D eigenvalue weighted by atomic mass is 9.66. The number of hydrogen-bond acceptors (Lipinski definition) is 2. The lowest BCUT2D eigenvalue weighted by Gasteiger charge is -2.53. The van der Waals surface area contributed by atoms with Gasteiger partial charge >= 0.3 is 6.18 Å². The molecule has 2 aromatic rings. The van der Waals surface area contributed by atoms with E-state index in [-0.39, 0.29) is 18.2 Å². The first-order valence-corrected chi connectivity index (χ1v) is 12.7. The van der Waals surface area contributed by atoms with Crippen LogP contribution in [-0.2, 0) is 4.79 Å². The number of carbonyl (C=O) groups is 1. The second-order valence-electron chi connectivity index (χ2n) is 10.2. The number of allylic oxidation sites excluding steroid dienone is 1. The number of nitrogens with zero attached hydrogens (tertiary/aromatic N) is 1. The standard InChI is InChI=1S/C28H32Cl2F3NO2/c1-5-14-26(3)17-23(19-8-7-9-21(30)15-19)24(18-10-12-20(29)13-11-18)34(25(26)35)22(6-2)16-27(4,36)28(31,32)33/h5,7-13,15,22-24,36H,1,6,14,16-17H2,2-4H3/t22-,23-,24+,26-,27-/m0/s1. The van der Waals surface area contributed by atoms with Crippen molar-refractivity contribution in [2.24, 2.45) is 5.41 Å². The molecule has 1 amide bonds. The molecule has 3 rings (SSSR count). The molecule has 2 aromatic carbocycles. The minimum atomic E-state index is -4.84. The Bertz CT molecular complexity index is 1090. The largest absolute Gasteiger partial charge is 0.416 e. The zero-order valence-electron chi connectivity index (χ0n) is 20.7. The number of alkyl halides is 3. The summed E-state index contributed by atoms with van der Waals surface area (Å²) < 4.78 is 41.2. The Morgan fingerprint density at radius 2 is 1.81 bits per heavy atom. The number of piperidine rings is 1. The van der Waals surface area contributed by atoms with E-state index in [9.17, 15) is 23.1 Å². The molecule has 1 fully saturated rings. The van der Waals surface area contributed by atoms with Crippen LogP contribution in [0.5, 0.6) is 0 Å². The van der Waals surface area contributed by atoms with Gasteiger partial charge in [-0.3, -0.25) is 4.79 Å². The van der Waals surface area contributed by atoms with Crippen LogP contribution in [0.3, 0.4) is 0 Å².